The molecule has 0 bridgehead atoms. The lowest BCUT2D eigenvalue weighted by Crippen LogP contribution is -2.23. The Labute approximate surface area is 192 Å². The van der Waals surface area contributed by atoms with Crippen molar-refractivity contribution in [1.82, 2.24) is 15.0 Å². The Morgan fingerprint density at radius 3 is 1.76 bits per heavy atom. The molecule has 4 aromatic rings. The average molecular weight is 440 g/mol. The Morgan fingerprint density at radius 2 is 1.21 bits per heavy atom. The van der Waals surface area contributed by atoms with Crippen LogP contribution in [-0.4, -0.2) is 27.4 Å². The maximum absolute atomic E-state index is 12.5. The number of rotatable bonds is 8. The van der Waals surface area contributed by atoms with Crippen molar-refractivity contribution in [2.24, 2.45) is 0 Å². The Hall–Kier alpha value is -4.46. The number of carbonyl (C=O) groups excluding carboxylic acids is 1. The molecule has 8 nitrogen and oxygen atoms in total. The van der Waals surface area contributed by atoms with Crippen LogP contribution in [-0.2, 0) is 4.79 Å². The molecule has 0 aliphatic rings. The van der Waals surface area contributed by atoms with E-state index in [2.05, 4.69) is 36.2 Å². The molecule has 0 saturated heterocycles. The lowest BCUT2D eigenvalue weighted by Gasteiger charge is -2.12. The summed E-state index contributed by atoms with van der Waals surface area (Å²) in [6.45, 7) is 4.05. The molecule has 0 saturated carbocycles. The van der Waals surface area contributed by atoms with Gasteiger partial charge in [-0.3, -0.25) is 4.79 Å². The van der Waals surface area contributed by atoms with E-state index < -0.39 is 0 Å². The molecule has 0 fully saturated rings. The first-order valence-electron chi connectivity index (χ1n) is 10.6. The summed E-state index contributed by atoms with van der Waals surface area (Å²) in [5.74, 6) is 0.782. The van der Waals surface area contributed by atoms with Gasteiger partial charge in [-0.05, 0) is 61.4 Å². The largest absolute Gasteiger partial charge is 0.345 e. The Bertz CT molecular complexity index is 1170. The van der Waals surface area contributed by atoms with Crippen molar-refractivity contribution in [1.29, 1.82) is 0 Å². The van der Waals surface area contributed by atoms with E-state index in [4.69, 9.17) is 0 Å². The zero-order valence-corrected chi connectivity index (χ0v) is 18.5. The van der Waals surface area contributed by atoms with E-state index in [1.54, 1.807) is 0 Å². The number of nitrogens with zero attached hydrogens (tertiary/aromatic N) is 3. The van der Waals surface area contributed by atoms with Crippen LogP contribution in [0.1, 0.15) is 11.1 Å². The summed E-state index contributed by atoms with van der Waals surface area (Å²) in [4.78, 5) is 25.7. The molecular weight excluding hydrogens is 414 g/mol. The predicted octanol–water partition coefficient (Wildman–Crippen LogP) is 5.03. The van der Waals surface area contributed by atoms with Gasteiger partial charge in [0.15, 0.2) is 0 Å². The third kappa shape index (κ3) is 6.27. The topological polar surface area (TPSA) is 104 Å². The fraction of sp³-hybridized carbons (Fsp3) is 0.120. The van der Waals surface area contributed by atoms with Crippen LogP contribution < -0.4 is 21.3 Å². The third-order valence-electron chi connectivity index (χ3n) is 4.89. The molecule has 0 atom stereocenters. The molecule has 4 rings (SSSR count). The fourth-order valence-corrected chi connectivity index (χ4v) is 3.05. The van der Waals surface area contributed by atoms with E-state index in [0.29, 0.717) is 11.9 Å². The second kappa shape index (κ2) is 10.2. The van der Waals surface area contributed by atoms with Gasteiger partial charge in [0.2, 0.25) is 23.8 Å². The van der Waals surface area contributed by atoms with Gasteiger partial charge < -0.3 is 21.3 Å². The van der Waals surface area contributed by atoms with Crippen molar-refractivity contribution in [2.75, 3.05) is 27.8 Å². The second-order valence-electron chi connectivity index (χ2n) is 7.49. The molecule has 8 heteroatoms. The number of hydrogen-bond acceptors (Lipinski definition) is 7. The standard InChI is InChI=1S/C25H25N7O/c1-17-13-14-21(15-18(17)2)27-22(33)16-26-23-30-24(28-19-9-5-3-6-10-19)32-25(31-23)29-20-11-7-4-8-12-20/h3-15H,16H2,1-2H3,(H,27,33)(H3,26,28,29,30,31,32). The van der Waals surface area contributed by atoms with Gasteiger partial charge in [0.1, 0.15) is 0 Å². The summed E-state index contributed by atoms with van der Waals surface area (Å²) in [5.41, 5.74) is 4.72. The van der Waals surface area contributed by atoms with Crippen LogP contribution in [0.25, 0.3) is 0 Å². The normalized spacial score (nSPS) is 10.4. The summed E-state index contributed by atoms with van der Waals surface area (Å²) in [6, 6.07) is 25.0. The van der Waals surface area contributed by atoms with Crippen molar-refractivity contribution in [3.63, 3.8) is 0 Å². The first kappa shape index (κ1) is 21.8. The van der Waals surface area contributed by atoms with E-state index in [-0.39, 0.29) is 18.4 Å². The summed E-state index contributed by atoms with van der Waals surface area (Å²) >= 11 is 0. The molecular formula is C25H25N7O. The maximum atomic E-state index is 12.5. The SMILES string of the molecule is Cc1ccc(NC(=O)CNc2nc(Nc3ccccc3)nc(Nc3ccccc3)n2)cc1C. The van der Waals surface area contributed by atoms with Crippen LogP contribution in [0, 0.1) is 13.8 Å². The molecule has 0 radical (unpaired) electrons. The minimum atomic E-state index is -0.200. The molecule has 0 spiro atoms. The van der Waals surface area contributed by atoms with Gasteiger partial charge in [-0.25, -0.2) is 0 Å². The van der Waals surface area contributed by atoms with Crippen LogP contribution in [0.2, 0.25) is 0 Å². The number of carbonyl (C=O) groups is 1. The molecule has 33 heavy (non-hydrogen) atoms. The van der Waals surface area contributed by atoms with E-state index in [1.807, 2.05) is 92.7 Å². The molecule has 1 heterocycles. The lowest BCUT2D eigenvalue weighted by atomic mass is 10.1. The van der Waals surface area contributed by atoms with Gasteiger partial charge in [-0.2, -0.15) is 15.0 Å². The van der Waals surface area contributed by atoms with E-state index in [9.17, 15) is 4.79 Å². The van der Waals surface area contributed by atoms with E-state index in [0.717, 1.165) is 22.6 Å². The molecule has 0 aliphatic heterocycles. The molecule has 1 aromatic heterocycles. The number of aromatic nitrogens is 3. The summed E-state index contributed by atoms with van der Waals surface area (Å²) < 4.78 is 0. The van der Waals surface area contributed by atoms with Crippen LogP contribution >= 0.6 is 0 Å². The van der Waals surface area contributed by atoms with Crippen molar-refractivity contribution in [2.45, 2.75) is 13.8 Å². The van der Waals surface area contributed by atoms with E-state index >= 15 is 0 Å². The highest BCUT2D eigenvalue weighted by Gasteiger charge is 2.10. The molecule has 0 unspecified atom stereocenters. The number of amides is 1. The second-order valence-corrected chi connectivity index (χ2v) is 7.49. The minimum absolute atomic E-state index is 0.00644. The van der Waals surface area contributed by atoms with Gasteiger partial charge >= 0.3 is 0 Å². The monoisotopic (exact) mass is 439 g/mol. The van der Waals surface area contributed by atoms with Crippen molar-refractivity contribution >= 4 is 40.8 Å². The first-order chi connectivity index (χ1) is 16.0. The van der Waals surface area contributed by atoms with Crippen molar-refractivity contribution in [3.8, 4) is 0 Å². The number of anilines is 6. The Kier molecular flexibility index (Phi) is 6.75. The molecule has 1 amide bonds. The summed E-state index contributed by atoms with van der Waals surface area (Å²) in [6.07, 6.45) is 0. The smallest absolute Gasteiger partial charge is 0.243 e. The average Bonchev–Trinajstić information content (AvgIpc) is 2.81. The quantitative estimate of drug-likeness (QED) is 0.305. The van der Waals surface area contributed by atoms with Crippen LogP contribution in [0.15, 0.2) is 78.9 Å². The Morgan fingerprint density at radius 1 is 0.667 bits per heavy atom. The maximum Gasteiger partial charge on any atom is 0.243 e. The number of para-hydroxylation sites is 2. The van der Waals surface area contributed by atoms with Gasteiger partial charge in [0, 0.05) is 17.1 Å². The van der Waals surface area contributed by atoms with Crippen LogP contribution in [0.5, 0.6) is 0 Å². The molecule has 4 N–H and O–H groups in total. The zero-order valence-electron chi connectivity index (χ0n) is 18.5. The summed E-state index contributed by atoms with van der Waals surface area (Å²) in [5, 5.41) is 12.2. The van der Waals surface area contributed by atoms with Crippen LogP contribution in [0.4, 0.5) is 34.9 Å². The minimum Gasteiger partial charge on any atom is -0.345 e. The number of aryl methyl sites for hydroxylation is 2. The third-order valence-corrected chi connectivity index (χ3v) is 4.89. The number of benzene rings is 3. The number of nitrogens with one attached hydrogen (secondary N) is 4. The molecule has 0 aliphatic carbocycles. The zero-order chi connectivity index (χ0) is 23.0. The highest BCUT2D eigenvalue weighted by Crippen LogP contribution is 2.18. The van der Waals surface area contributed by atoms with Gasteiger partial charge in [-0.15, -0.1) is 0 Å². The van der Waals surface area contributed by atoms with Crippen LogP contribution in [0.3, 0.4) is 0 Å². The Balaban J connectivity index is 1.49. The fourth-order valence-electron chi connectivity index (χ4n) is 3.05. The van der Waals surface area contributed by atoms with Crippen molar-refractivity contribution in [3.05, 3.63) is 90.0 Å². The van der Waals surface area contributed by atoms with Crippen molar-refractivity contribution < 1.29 is 4.79 Å². The summed E-state index contributed by atoms with van der Waals surface area (Å²) in [7, 11) is 0. The van der Waals surface area contributed by atoms with Gasteiger partial charge in [0.25, 0.3) is 0 Å². The van der Waals surface area contributed by atoms with E-state index in [1.165, 1.54) is 5.56 Å². The molecule has 3 aromatic carbocycles. The van der Waals surface area contributed by atoms with Gasteiger partial charge in [-0.1, -0.05) is 42.5 Å². The predicted molar refractivity (Wildman–Crippen MR) is 132 cm³/mol. The lowest BCUT2D eigenvalue weighted by molar-refractivity contribution is -0.114. The number of hydrogen-bond donors (Lipinski definition) is 4. The highest BCUT2D eigenvalue weighted by molar-refractivity contribution is 5.93. The first-order valence-corrected chi connectivity index (χ1v) is 10.6. The molecule has 166 valence electrons. The van der Waals surface area contributed by atoms with Gasteiger partial charge in [0.05, 0.1) is 6.54 Å². The highest BCUT2D eigenvalue weighted by atomic mass is 16.1.